The fourth-order valence-corrected chi connectivity index (χ4v) is 3.05. The van der Waals surface area contributed by atoms with Gasteiger partial charge in [0.15, 0.2) is 0 Å². The van der Waals surface area contributed by atoms with E-state index in [4.69, 9.17) is 0 Å². The molecule has 28 heavy (non-hydrogen) atoms. The van der Waals surface area contributed by atoms with E-state index in [2.05, 4.69) is 5.32 Å². The van der Waals surface area contributed by atoms with Crippen LogP contribution in [0.1, 0.15) is 23.6 Å². The van der Waals surface area contributed by atoms with Crippen LogP contribution in [0.25, 0.3) is 0 Å². The average Bonchev–Trinajstić information content (AvgIpc) is 2.63. The first-order valence-corrected chi connectivity index (χ1v) is 9.24. The van der Waals surface area contributed by atoms with E-state index in [1.807, 2.05) is 32.0 Å². The summed E-state index contributed by atoms with van der Waals surface area (Å²) in [4.78, 5) is 28.4. The van der Waals surface area contributed by atoms with Crippen LogP contribution in [0.2, 0.25) is 0 Å². The van der Waals surface area contributed by atoms with Crippen molar-refractivity contribution >= 4 is 17.5 Å². The maximum Gasteiger partial charge on any atom is 0.239 e. The van der Waals surface area contributed by atoms with Gasteiger partial charge < -0.3 is 10.2 Å². The Bertz CT molecular complexity index is 833. The molecule has 0 aliphatic rings. The zero-order valence-corrected chi connectivity index (χ0v) is 17.1. The first-order valence-electron chi connectivity index (χ1n) is 9.24. The van der Waals surface area contributed by atoms with Gasteiger partial charge in [-0.05, 0) is 56.6 Å². The molecule has 0 spiro atoms. The van der Waals surface area contributed by atoms with Crippen LogP contribution in [-0.4, -0.2) is 48.3 Å². The van der Waals surface area contributed by atoms with Crippen molar-refractivity contribution in [2.24, 2.45) is 0 Å². The lowest BCUT2D eigenvalue weighted by atomic mass is 10.1. The van der Waals surface area contributed by atoms with Gasteiger partial charge in [-0.2, -0.15) is 0 Å². The molecule has 0 saturated heterocycles. The van der Waals surface area contributed by atoms with Gasteiger partial charge in [-0.3, -0.25) is 14.5 Å². The van der Waals surface area contributed by atoms with Crippen LogP contribution in [0.15, 0.2) is 42.5 Å². The van der Waals surface area contributed by atoms with Crippen LogP contribution in [0.5, 0.6) is 0 Å². The van der Waals surface area contributed by atoms with Crippen LogP contribution in [0.3, 0.4) is 0 Å². The fraction of sp³-hybridized carbons (Fsp3) is 0.364. The van der Waals surface area contributed by atoms with E-state index in [9.17, 15) is 14.0 Å². The van der Waals surface area contributed by atoms with Crippen molar-refractivity contribution in [3.63, 3.8) is 0 Å². The first-order chi connectivity index (χ1) is 13.2. The van der Waals surface area contributed by atoms with Gasteiger partial charge >= 0.3 is 0 Å². The van der Waals surface area contributed by atoms with E-state index in [1.165, 1.54) is 12.1 Å². The van der Waals surface area contributed by atoms with Crippen molar-refractivity contribution in [3.8, 4) is 0 Å². The number of benzene rings is 2. The third-order valence-corrected chi connectivity index (χ3v) is 4.84. The number of likely N-dealkylation sites (N-methyl/N-ethyl adjacent to an activating group) is 2. The van der Waals surface area contributed by atoms with Crippen molar-refractivity contribution in [2.45, 2.75) is 33.4 Å². The molecule has 1 atom stereocenters. The number of nitrogens with one attached hydrogen (secondary N) is 1. The Balaban J connectivity index is 1.94. The number of nitrogens with zero attached hydrogens (tertiary/aromatic N) is 2. The predicted octanol–water partition coefficient (Wildman–Crippen LogP) is 3.36. The summed E-state index contributed by atoms with van der Waals surface area (Å²) < 4.78 is 13.3. The summed E-state index contributed by atoms with van der Waals surface area (Å²) in [5.41, 5.74) is 3.52. The second kappa shape index (κ2) is 9.46. The quantitative estimate of drug-likeness (QED) is 0.795. The Morgan fingerprint density at radius 2 is 1.68 bits per heavy atom. The molecular formula is C22H28FN3O2. The lowest BCUT2D eigenvalue weighted by molar-refractivity contribution is -0.135. The summed E-state index contributed by atoms with van der Waals surface area (Å²) in [5.74, 6) is -0.634. The molecule has 5 nitrogen and oxygen atoms in total. The van der Waals surface area contributed by atoms with Gasteiger partial charge in [0, 0.05) is 19.3 Å². The highest BCUT2D eigenvalue weighted by Gasteiger charge is 2.23. The van der Waals surface area contributed by atoms with Gasteiger partial charge in [-0.15, -0.1) is 0 Å². The lowest BCUT2D eigenvalue weighted by Crippen LogP contribution is -2.46. The summed E-state index contributed by atoms with van der Waals surface area (Å²) in [7, 11) is 3.41. The largest absolute Gasteiger partial charge is 0.340 e. The summed E-state index contributed by atoms with van der Waals surface area (Å²) in [6, 6.07) is 11.5. The Morgan fingerprint density at radius 1 is 1.07 bits per heavy atom. The first kappa shape index (κ1) is 21.6. The molecule has 0 unspecified atom stereocenters. The van der Waals surface area contributed by atoms with Crippen LogP contribution < -0.4 is 5.32 Å². The van der Waals surface area contributed by atoms with Crippen molar-refractivity contribution in [1.82, 2.24) is 9.80 Å². The van der Waals surface area contributed by atoms with E-state index in [0.29, 0.717) is 6.54 Å². The lowest BCUT2D eigenvalue weighted by Gasteiger charge is -2.28. The van der Waals surface area contributed by atoms with Crippen LogP contribution in [0.4, 0.5) is 10.1 Å². The molecule has 2 aromatic rings. The molecular weight excluding hydrogens is 357 g/mol. The maximum absolute atomic E-state index is 13.3. The normalized spacial score (nSPS) is 12.0. The summed E-state index contributed by atoms with van der Waals surface area (Å²) in [6.45, 7) is 6.05. The van der Waals surface area contributed by atoms with Crippen molar-refractivity contribution in [3.05, 3.63) is 65.0 Å². The third-order valence-electron chi connectivity index (χ3n) is 4.84. The molecule has 2 aromatic carbocycles. The zero-order valence-electron chi connectivity index (χ0n) is 17.1. The SMILES string of the molecule is Cc1cccc(C)c1NC(=O)CN(C)[C@H](C)C(=O)N(C)Cc1cccc(F)c1. The molecule has 6 heteroatoms. The van der Waals surface area contributed by atoms with Crippen molar-refractivity contribution in [2.75, 3.05) is 26.0 Å². The van der Waals surface area contributed by atoms with Gasteiger partial charge in [-0.25, -0.2) is 4.39 Å². The number of aryl methyl sites for hydroxylation is 2. The standard InChI is InChI=1S/C22H28FN3O2/c1-15-8-6-9-16(2)21(15)24-20(27)14-25(4)17(3)22(28)26(5)13-18-10-7-11-19(23)12-18/h6-12,17H,13-14H2,1-5H3,(H,24,27)/t17-/m1/s1. The Morgan fingerprint density at radius 3 is 2.29 bits per heavy atom. The molecule has 1 N–H and O–H groups in total. The molecule has 0 heterocycles. The molecule has 0 fully saturated rings. The number of anilines is 1. The predicted molar refractivity (Wildman–Crippen MR) is 110 cm³/mol. The van der Waals surface area contributed by atoms with Crippen LogP contribution >= 0.6 is 0 Å². The fourth-order valence-electron chi connectivity index (χ4n) is 3.05. The summed E-state index contributed by atoms with van der Waals surface area (Å²) in [5, 5.41) is 2.93. The number of hydrogen-bond donors (Lipinski definition) is 1. The maximum atomic E-state index is 13.3. The number of halogens is 1. The molecule has 0 saturated carbocycles. The van der Waals surface area contributed by atoms with E-state index >= 15 is 0 Å². The third kappa shape index (κ3) is 5.63. The molecule has 0 aliphatic carbocycles. The second-order valence-corrected chi connectivity index (χ2v) is 7.23. The minimum Gasteiger partial charge on any atom is -0.340 e. The number of rotatable bonds is 7. The molecule has 0 radical (unpaired) electrons. The van der Waals surface area contributed by atoms with Gasteiger partial charge in [0.2, 0.25) is 11.8 Å². The summed E-state index contributed by atoms with van der Waals surface area (Å²) in [6.07, 6.45) is 0. The Kier molecular flexibility index (Phi) is 7.29. The number of amides is 2. The number of hydrogen-bond acceptors (Lipinski definition) is 3. The molecule has 0 aliphatic heterocycles. The van der Waals surface area contributed by atoms with E-state index in [0.717, 1.165) is 22.4 Å². The zero-order chi connectivity index (χ0) is 20.8. The monoisotopic (exact) mass is 385 g/mol. The van der Waals surface area contributed by atoms with Crippen LogP contribution in [0, 0.1) is 19.7 Å². The van der Waals surface area contributed by atoms with Gasteiger partial charge in [0.1, 0.15) is 5.82 Å². The second-order valence-electron chi connectivity index (χ2n) is 7.23. The minimum absolute atomic E-state index is 0.0918. The van der Waals surface area contributed by atoms with Crippen molar-refractivity contribution < 1.29 is 14.0 Å². The smallest absolute Gasteiger partial charge is 0.239 e. The van der Waals surface area contributed by atoms with E-state index in [-0.39, 0.29) is 24.2 Å². The number of para-hydroxylation sites is 1. The molecule has 0 aromatic heterocycles. The van der Waals surface area contributed by atoms with Gasteiger partial charge in [0.25, 0.3) is 0 Å². The van der Waals surface area contributed by atoms with Gasteiger partial charge in [0.05, 0.1) is 12.6 Å². The average molecular weight is 385 g/mol. The van der Waals surface area contributed by atoms with Gasteiger partial charge in [-0.1, -0.05) is 30.3 Å². The summed E-state index contributed by atoms with van der Waals surface area (Å²) >= 11 is 0. The van der Waals surface area contributed by atoms with Crippen LogP contribution in [-0.2, 0) is 16.1 Å². The van der Waals surface area contributed by atoms with E-state index < -0.39 is 6.04 Å². The molecule has 0 bridgehead atoms. The topological polar surface area (TPSA) is 52.7 Å². The molecule has 2 rings (SSSR count). The molecule has 150 valence electrons. The highest BCUT2D eigenvalue weighted by atomic mass is 19.1. The highest BCUT2D eigenvalue weighted by Crippen LogP contribution is 2.19. The Hall–Kier alpha value is -2.73. The number of carbonyl (C=O) groups is 2. The van der Waals surface area contributed by atoms with E-state index in [1.54, 1.807) is 43.0 Å². The minimum atomic E-state index is -0.484. The molecule has 2 amide bonds. The van der Waals surface area contributed by atoms with Crippen molar-refractivity contribution in [1.29, 1.82) is 0 Å². The Labute approximate surface area is 166 Å². The highest BCUT2D eigenvalue weighted by molar-refractivity contribution is 5.94. The number of carbonyl (C=O) groups excluding carboxylic acids is 2.